The average Bonchev–Trinajstić information content (AvgIpc) is 2.97. The zero-order valence-corrected chi connectivity index (χ0v) is 11.8. The van der Waals surface area contributed by atoms with Crippen LogP contribution in [0.15, 0.2) is 24.3 Å². The molecule has 110 valence electrons. The molecule has 1 atom stereocenters. The molecule has 2 aromatic rings. The van der Waals surface area contributed by atoms with Gasteiger partial charge in [0.05, 0.1) is 12.6 Å². The molecule has 6 heteroatoms. The Labute approximate surface area is 122 Å². The van der Waals surface area contributed by atoms with E-state index >= 15 is 0 Å². The predicted molar refractivity (Wildman–Crippen MR) is 76.8 cm³/mol. The van der Waals surface area contributed by atoms with E-state index in [-0.39, 0.29) is 11.9 Å². The summed E-state index contributed by atoms with van der Waals surface area (Å²) in [7, 11) is 1.35. The Balaban J connectivity index is 1.94. The molecule has 1 aliphatic rings. The van der Waals surface area contributed by atoms with E-state index in [0.29, 0.717) is 18.7 Å². The molecule has 0 bridgehead atoms. The Kier molecular flexibility index (Phi) is 3.60. The number of carbonyl (C=O) groups excluding carboxylic acids is 2. The van der Waals surface area contributed by atoms with Gasteiger partial charge in [-0.1, -0.05) is 18.2 Å². The second-order valence-corrected chi connectivity index (χ2v) is 5.15. The number of aromatic amines is 1. The van der Waals surface area contributed by atoms with Crippen LogP contribution in [-0.2, 0) is 9.53 Å². The van der Waals surface area contributed by atoms with Crippen molar-refractivity contribution in [1.82, 2.24) is 15.1 Å². The summed E-state index contributed by atoms with van der Waals surface area (Å²) in [6.07, 6.45) is 2.45. The Bertz CT molecular complexity index is 680. The minimum Gasteiger partial charge on any atom is -0.467 e. The number of nitrogens with one attached hydrogen (secondary N) is 1. The minimum atomic E-state index is -0.508. The first kappa shape index (κ1) is 13.6. The third-order valence-electron chi connectivity index (χ3n) is 3.91. The molecular weight excluding hydrogens is 270 g/mol. The average molecular weight is 287 g/mol. The summed E-state index contributed by atoms with van der Waals surface area (Å²) in [5.74, 6) is -0.578. The molecule has 3 rings (SSSR count). The molecule has 0 spiro atoms. The van der Waals surface area contributed by atoms with Crippen LogP contribution >= 0.6 is 0 Å². The highest BCUT2D eigenvalue weighted by Crippen LogP contribution is 2.23. The van der Waals surface area contributed by atoms with Crippen LogP contribution in [0.1, 0.15) is 29.8 Å². The van der Waals surface area contributed by atoms with Crippen LogP contribution in [0.25, 0.3) is 10.9 Å². The quantitative estimate of drug-likeness (QED) is 0.854. The van der Waals surface area contributed by atoms with Gasteiger partial charge in [0.15, 0.2) is 5.69 Å². The Hall–Kier alpha value is -2.37. The molecule has 1 aromatic heterocycles. The summed E-state index contributed by atoms with van der Waals surface area (Å²) in [4.78, 5) is 26.2. The molecule has 1 saturated heterocycles. The number of hydrogen-bond acceptors (Lipinski definition) is 4. The number of aromatic nitrogens is 2. The van der Waals surface area contributed by atoms with E-state index in [4.69, 9.17) is 4.74 Å². The fourth-order valence-corrected chi connectivity index (χ4v) is 2.82. The van der Waals surface area contributed by atoms with Gasteiger partial charge in [0, 0.05) is 11.9 Å². The van der Waals surface area contributed by atoms with E-state index in [0.717, 1.165) is 23.7 Å². The van der Waals surface area contributed by atoms with Gasteiger partial charge in [-0.3, -0.25) is 9.89 Å². The zero-order valence-electron chi connectivity index (χ0n) is 11.8. The number of amides is 1. The van der Waals surface area contributed by atoms with Crippen molar-refractivity contribution < 1.29 is 14.3 Å². The van der Waals surface area contributed by atoms with Crippen LogP contribution < -0.4 is 0 Å². The predicted octanol–water partition coefficient (Wildman–Crippen LogP) is 1.73. The lowest BCUT2D eigenvalue weighted by Gasteiger charge is -2.33. The van der Waals surface area contributed by atoms with Crippen molar-refractivity contribution in [3.05, 3.63) is 30.0 Å². The summed E-state index contributed by atoms with van der Waals surface area (Å²) in [6.45, 7) is 0.555. The maximum Gasteiger partial charge on any atom is 0.328 e. The third-order valence-corrected chi connectivity index (χ3v) is 3.91. The molecule has 6 nitrogen and oxygen atoms in total. The van der Waals surface area contributed by atoms with Crippen molar-refractivity contribution in [3.63, 3.8) is 0 Å². The van der Waals surface area contributed by atoms with Crippen LogP contribution in [0.3, 0.4) is 0 Å². The first-order valence-electron chi connectivity index (χ1n) is 7.04. The molecule has 0 saturated carbocycles. The van der Waals surface area contributed by atoms with E-state index in [1.165, 1.54) is 7.11 Å². The van der Waals surface area contributed by atoms with Gasteiger partial charge >= 0.3 is 5.97 Å². The Morgan fingerprint density at radius 3 is 2.95 bits per heavy atom. The van der Waals surface area contributed by atoms with Gasteiger partial charge in [0.2, 0.25) is 0 Å². The van der Waals surface area contributed by atoms with E-state index < -0.39 is 6.04 Å². The number of H-pyrrole nitrogens is 1. The van der Waals surface area contributed by atoms with Crippen molar-refractivity contribution in [2.75, 3.05) is 13.7 Å². The highest BCUT2D eigenvalue weighted by atomic mass is 16.5. The topological polar surface area (TPSA) is 75.3 Å². The summed E-state index contributed by atoms with van der Waals surface area (Å²) >= 11 is 0. The molecule has 0 aliphatic carbocycles. The third kappa shape index (κ3) is 2.37. The number of nitrogens with zero attached hydrogens (tertiary/aromatic N) is 2. The van der Waals surface area contributed by atoms with Crippen LogP contribution in [0.4, 0.5) is 0 Å². The smallest absolute Gasteiger partial charge is 0.328 e. The lowest BCUT2D eigenvalue weighted by molar-refractivity contribution is -0.147. The molecule has 1 amide bonds. The lowest BCUT2D eigenvalue weighted by atomic mass is 10.0. The highest BCUT2D eigenvalue weighted by molar-refractivity contribution is 6.05. The minimum absolute atomic E-state index is 0.220. The van der Waals surface area contributed by atoms with E-state index in [1.807, 2.05) is 24.3 Å². The maximum absolute atomic E-state index is 12.7. The molecular formula is C15H17N3O3. The molecule has 1 unspecified atom stereocenters. The number of methoxy groups -OCH3 is 1. The van der Waals surface area contributed by atoms with Gasteiger partial charge in [-0.2, -0.15) is 5.10 Å². The number of esters is 1. The number of ether oxygens (including phenoxy) is 1. The number of piperidine rings is 1. The second kappa shape index (κ2) is 5.55. The molecule has 21 heavy (non-hydrogen) atoms. The number of rotatable bonds is 2. The fraction of sp³-hybridized carbons (Fsp3) is 0.400. The van der Waals surface area contributed by atoms with E-state index in [1.54, 1.807) is 4.90 Å². The SMILES string of the molecule is COC(=O)C1CCCCN1C(=O)c1n[nH]c2ccccc12. The number of likely N-dealkylation sites (tertiary alicyclic amines) is 1. The molecule has 0 radical (unpaired) electrons. The van der Waals surface area contributed by atoms with Gasteiger partial charge in [0.1, 0.15) is 6.04 Å². The summed E-state index contributed by atoms with van der Waals surface area (Å²) in [5.41, 5.74) is 1.17. The highest BCUT2D eigenvalue weighted by Gasteiger charge is 2.34. The largest absolute Gasteiger partial charge is 0.467 e. The van der Waals surface area contributed by atoms with E-state index in [9.17, 15) is 9.59 Å². The van der Waals surface area contributed by atoms with Crippen molar-refractivity contribution in [3.8, 4) is 0 Å². The van der Waals surface area contributed by atoms with Crippen molar-refractivity contribution >= 4 is 22.8 Å². The Morgan fingerprint density at radius 2 is 2.14 bits per heavy atom. The first-order chi connectivity index (χ1) is 10.2. The number of para-hydroxylation sites is 1. The fourth-order valence-electron chi connectivity index (χ4n) is 2.82. The van der Waals surface area contributed by atoms with Crippen LogP contribution in [0.2, 0.25) is 0 Å². The van der Waals surface area contributed by atoms with Crippen LogP contribution in [-0.4, -0.2) is 46.7 Å². The molecule has 1 fully saturated rings. The maximum atomic E-state index is 12.7. The normalized spacial score (nSPS) is 18.7. The van der Waals surface area contributed by atoms with Gasteiger partial charge in [0.25, 0.3) is 5.91 Å². The van der Waals surface area contributed by atoms with Crippen LogP contribution in [0.5, 0.6) is 0 Å². The van der Waals surface area contributed by atoms with Crippen LogP contribution in [0, 0.1) is 0 Å². The summed E-state index contributed by atoms with van der Waals surface area (Å²) in [6, 6.07) is 6.96. The summed E-state index contributed by atoms with van der Waals surface area (Å²) < 4.78 is 4.81. The lowest BCUT2D eigenvalue weighted by Crippen LogP contribution is -2.48. The zero-order chi connectivity index (χ0) is 14.8. The monoisotopic (exact) mass is 287 g/mol. The van der Waals surface area contributed by atoms with E-state index in [2.05, 4.69) is 10.2 Å². The van der Waals surface area contributed by atoms with Gasteiger partial charge in [-0.05, 0) is 25.3 Å². The van der Waals surface area contributed by atoms with Crippen molar-refractivity contribution in [2.24, 2.45) is 0 Å². The summed E-state index contributed by atoms with van der Waals surface area (Å²) in [5, 5.41) is 7.75. The van der Waals surface area contributed by atoms with Gasteiger partial charge in [-0.25, -0.2) is 4.79 Å². The number of fused-ring (bicyclic) bond motifs is 1. The Morgan fingerprint density at radius 1 is 1.33 bits per heavy atom. The van der Waals surface area contributed by atoms with Gasteiger partial charge < -0.3 is 9.64 Å². The van der Waals surface area contributed by atoms with Crippen molar-refractivity contribution in [1.29, 1.82) is 0 Å². The number of hydrogen-bond donors (Lipinski definition) is 1. The van der Waals surface area contributed by atoms with Gasteiger partial charge in [-0.15, -0.1) is 0 Å². The molecule has 1 aromatic carbocycles. The molecule has 2 heterocycles. The van der Waals surface area contributed by atoms with Crippen molar-refractivity contribution in [2.45, 2.75) is 25.3 Å². The second-order valence-electron chi connectivity index (χ2n) is 5.15. The number of carbonyl (C=O) groups is 2. The molecule has 1 N–H and O–H groups in total. The molecule has 1 aliphatic heterocycles. The standard InChI is InChI=1S/C15H17N3O3/c1-21-15(20)12-8-4-5-9-18(12)14(19)13-10-6-2-3-7-11(10)16-17-13/h2-3,6-7,12H,4-5,8-9H2,1H3,(H,16,17). The number of benzene rings is 1. The first-order valence-corrected chi connectivity index (χ1v) is 7.04.